The van der Waals surface area contributed by atoms with Crippen molar-refractivity contribution in [2.24, 2.45) is 0 Å². The maximum absolute atomic E-state index is 14.8. The zero-order valence-corrected chi connectivity index (χ0v) is 18.4. The molecule has 1 fully saturated rings. The van der Waals surface area contributed by atoms with Crippen LogP contribution >= 0.6 is 0 Å². The Morgan fingerprint density at radius 1 is 1.21 bits per heavy atom. The van der Waals surface area contributed by atoms with E-state index in [0.29, 0.717) is 5.56 Å². The van der Waals surface area contributed by atoms with Crippen LogP contribution in [-0.4, -0.2) is 74.2 Å². The number of halogens is 1. The highest BCUT2D eigenvalue weighted by Gasteiger charge is 2.37. The third-order valence-electron chi connectivity index (χ3n) is 5.71. The average molecular weight is 470 g/mol. The van der Waals surface area contributed by atoms with Gasteiger partial charge in [-0.25, -0.2) is 22.5 Å². The highest BCUT2D eigenvalue weighted by Crippen LogP contribution is 2.32. The van der Waals surface area contributed by atoms with Gasteiger partial charge in [0.25, 0.3) is 5.91 Å². The van der Waals surface area contributed by atoms with Crippen LogP contribution in [0.2, 0.25) is 0 Å². The van der Waals surface area contributed by atoms with Crippen molar-refractivity contribution in [3.05, 3.63) is 66.5 Å². The lowest BCUT2D eigenvalue weighted by Crippen LogP contribution is -2.55. The third-order valence-corrected chi connectivity index (χ3v) is 7.74. The predicted octanol–water partition coefficient (Wildman–Crippen LogP) is 1.82. The molecule has 1 atom stereocenters. The van der Waals surface area contributed by atoms with Crippen LogP contribution in [0.5, 0.6) is 0 Å². The van der Waals surface area contributed by atoms with Gasteiger partial charge in [-0.1, -0.05) is 23.4 Å². The van der Waals surface area contributed by atoms with E-state index in [0.717, 1.165) is 6.20 Å². The number of hydrogen-bond acceptors (Lipinski definition) is 6. The first kappa shape index (κ1) is 21.2. The van der Waals surface area contributed by atoms with Crippen molar-refractivity contribution in [1.82, 2.24) is 34.2 Å². The molecule has 170 valence electrons. The topological polar surface area (TPSA) is 117 Å². The summed E-state index contributed by atoms with van der Waals surface area (Å²) in [5, 5.41) is 7.48. The van der Waals surface area contributed by atoms with E-state index in [1.54, 1.807) is 36.1 Å². The summed E-state index contributed by atoms with van der Waals surface area (Å²) in [5.74, 6) is -0.683. The molecule has 1 aliphatic heterocycles. The minimum absolute atomic E-state index is 0.0921. The van der Waals surface area contributed by atoms with E-state index in [1.807, 2.05) is 6.07 Å². The minimum atomic E-state index is -4.07. The van der Waals surface area contributed by atoms with Crippen LogP contribution in [0.1, 0.15) is 17.3 Å². The van der Waals surface area contributed by atoms with E-state index in [9.17, 15) is 17.6 Å². The number of pyridine rings is 1. The normalized spacial score (nSPS) is 17.5. The van der Waals surface area contributed by atoms with E-state index >= 15 is 0 Å². The molecular formula is C21H20FN7O3S. The fraction of sp³-hybridized carbons (Fsp3) is 0.238. The summed E-state index contributed by atoms with van der Waals surface area (Å²) >= 11 is 0. The highest BCUT2D eigenvalue weighted by molar-refractivity contribution is 7.89. The predicted molar refractivity (Wildman–Crippen MR) is 117 cm³/mol. The summed E-state index contributed by atoms with van der Waals surface area (Å²) in [6, 6.07) is 8.35. The number of H-pyrrole nitrogens is 1. The quantitative estimate of drug-likeness (QED) is 0.487. The van der Waals surface area contributed by atoms with E-state index in [1.165, 1.54) is 27.6 Å². The Hall–Kier alpha value is -3.64. The van der Waals surface area contributed by atoms with Crippen molar-refractivity contribution < 1.29 is 17.6 Å². The molecular weight excluding hydrogens is 449 g/mol. The van der Waals surface area contributed by atoms with Crippen LogP contribution in [0.4, 0.5) is 4.39 Å². The molecule has 1 N–H and O–H groups in total. The molecule has 0 spiro atoms. The number of aromatic amines is 1. The number of aromatic nitrogens is 5. The lowest BCUT2D eigenvalue weighted by Gasteiger charge is -2.38. The number of carbonyl (C=O) groups excluding carboxylic acids is 1. The molecule has 4 aromatic rings. The number of sulfonamides is 1. The molecule has 0 aliphatic carbocycles. The third kappa shape index (κ3) is 3.56. The van der Waals surface area contributed by atoms with Gasteiger partial charge in [0.1, 0.15) is 4.90 Å². The fourth-order valence-electron chi connectivity index (χ4n) is 4.14. The zero-order valence-electron chi connectivity index (χ0n) is 17.6. The molecule has 1 saturated heterocycles. The van der Waals surface area contributed by atoms with Crippen molar-refractivity contribution in [3.8, 4) is 5.82 Å². The van der Waals surface area contributed by atoms with E-state index in [4.69, 9.17) is 0 Å². The number of amides is 1. The fourth-order valence-corrected chi connectivity index (χ4v) is 5.92. The molecule has 0 unspecified atom stereocenters. The van der Waals surface area contributed by atoms with E-state index < -0.39 is 21.9 Å². The molecule has 12 heteroatoms. The Labute approximate surface area is 188 Å². The summed E-state index contributed by atoms with van der Waals surface area (Å²) in [7, 11) is -4.07. The molecule has 0 bridgehead atoms. The number of hydrogen-bond donors (Lipinski definition) is 1. The van der Waals surface area contributed by atoms with Crippen LogP contribution in [0, 0.1) is 5.82 Å². The van der Waals surface area contributed by atoms with Crippen LogP contribution in [0.25, 0.3) is 16.7 Å². The first-order valence-corrected chi connectivity index (χ1v) is 11.7. The first-order chi connectivity index (χ1) is 15.9. The number of nitrogens with one attached hydrogen (secondary N) is 1. The molecule has 4 heterocycles. The van der Waals surface area contributed by atoms with Crippen LogP contribution < -0.4 is 0 Å². The smallest absolute Gasteiger partial charge is 0.253 e. The monoisotopic (exact) mass is 469 g/mol. The lowest BCUT2D eigenvalue weighted by atomic mass is 10.1. The van der Waals surface area contributed by atoms with Gasteiger partial charge in [-0.15, -0.1) is 5.10 Å². The van der Waals surface area contributed by atoms with E-state index in [2.05, 4.69) is 20.3 Å². The molecule has 3 aromatic heterocycles. The molecule has 0 saturated carbocycles. The number of rotatable bonds is 4. The second-order valence-electron chi connectivity index (χ2n) is 7.76. The summed E-state index contributed by atoms with van der Waals surface area (Å²) < 4.78 is 44.5. The molecule has 10 nitrogen and oxygen atoms in total. The molecule has 1 aliphatic rings. The summed E-state index contributed by atoms with van der Waals surface area (Å²) in [6.45, 7) is 2.28. The van der Waals surface area contributed by atoms with Crippen LogP contribution in [0.15, 0.2) is 60.0 Å². The number of fused-ring (bicyclic) bond motifs is 1. The van der Waals surface area contributed by atoms with Gasteiger partial charge in [-0.3, -0.25) is 4.79 Å². The van der Waals surface area contributed by atoms with E-state index in [-0.39, 0.29) is 47.2 Å². The largest absolute Gasteiger partial charge is 0.357 e. The SMILES string of the molecule is C[C@@H]1CN(C(=O)c2ccccc2)CCN1S(=O)(=O)c1c[nH]c2c(-n3ccnn3)ncc(F)c12. The molecule has 1 aromatic carbocycles. The van der Waals surface area contributed by atoms with Crippen molar-refractivity contribution in [1.29, 1.82) is 0 Å². The number of nitrogens with zero attached hydrogens (tertiary/aromatic N) is 6. The Bertz CT molecular complexity index is 1420. The first-order valence-electron chi connectivity index (χ1n) is 10.3. The summed E-state index contributed by atoms with van der Waals surface area (Å²) in [5.41, 5.74) is 0.748. The Morgan fingerprint density at radius 2 is 2.00 bits per heavy atom. The number of piperazine rings is 1. The summed E-state index contributed by atoms with van der Waals surface area (Å²) in [6.07, 6.45) is 5.20. The Kier molecular flexibility index (Phi) is 5.17. The van der Waals surface area contributed by atoms with Gasteiger partial charge in [0, 0.05) is 37.4 Å². The van der Waals surface area contributed by atoms with Crippen molar-refractivity contribution in [2.75, 3.05) is 19.6 Å². The molecule has 1 amide bonds. The van der Waals surface area contributed by atoms with Gasteiger partial charge in [0.15, 0.2) is 11.6 Å². The van der Waals surface area contributed by atoms with Gasteiger partial charge in [-0.05, 0) is 19.1 Å². The van der Waals surface area contributed by atoms with Gasteiger partial charge < -0.3 is 9.88 Å². The van der Waals surface area contributed by atoms with Crippen LogP contribution in [0.3, 0.4) is 0 Å². The maximum Gasteiger partial charge on any atom is 0.253 e. The molecule has 0 radical (unpaired) electrons. The summed E-state index contributed by atoms with van der Waals surface area (Å²) in [4.78, 5) is 21.1. The highest BCUT2D eigenvalue weighted by atomic mass is 32.2. The van der Waals surface area contributed by atoms with Gasteiger partial charge in [-0.2, -0.15) is 4.31 Å². The van der Waals surface area contributed by atoms with Crippen molar-refractivity contribution in [2.45, 2.75) is 17.9 Å². The minimum Gasteiger partial charge on any atom is -0.357 e. The van der Waals surface area contributed by atoms with Crippen LogP contribution in [-0.2, 0) is 10.0 Å². The Morgan fingerprint density at radius 3 is 2.70 bits per heavy atom. The van der Waals surface area contributed by atoms with Crippen molar-refractivity contribution >= 4 is 26.8 Å². The number of benzene rings is 1. The van der Waals surface area contributed by atoms with Gasteiger partial charge in [0.2, 0.25) is 10.0 Å². The Balaban J connectivity index is 1.46. The standard InChI is InChI=1S/C21H20FN7O3S/c1-14-13-27(21(30)15-5-3-2-4-6-15)9-10-29(14)33(31,32)17-12-23-19-18(17)16(22)11-24-20(19)28-8-7-25-26-28/h2-8,11-12,14,23H,9-10,13H2,1H3/t14-/m1/s1. The lowest BCUT2D eigenvalue weighted by molar-refractivity contribution is 0.0642. The van der Waals surface area contributed by atoms with Crippen molar-refractivity contribution in [3.63, 3.8) is 0 Å². The van der Waals surface area contributed by atoms with Gasteiger partial charge in [0.05, 0.1) is 29.5 Å². The molecule has 33 heavy (non-hydrogen) atoms. The average Bonchev–Trinajstić information content (AvgIpc) is 3.50. The number of carbonyl (C=O) groups is 1. The second kappa shape index (κ2) is 8.05. The maximum atomic E-state index is 14.8. The van der Waals surface area contributed by atoms with Gasteiger partial charge >= 0.3 is 0 Å². The zero-order chi connectivity index (χ0) is 23.2. The second-order valence-corrected chi connectivity index (χ2v) is 9.62. The molecule has 5 rings (SSSR count).